The lowest BCUT2D eigenvalue weighted by molar-refractivity contribution is -0.141. The van der Waals surface area contributed by atoms with Gasteiger partial charge in [0, 0.05) is 37.5 Å². The van der Waals surface area contributed by atoms with Crippen molar-refractivity contribution in [1.82, 2.24) is 39.6 Å². The summed E-state index contributed by atoms with van der Waals surface area (Å²) in [7, 11) is 0. The van der Waals surface area contributed by atoms with Crippen LogP contribution in [0.2, 0.25) is 0 Å². The van der Waals surface area contributed by atoms with E-state index in [2.05, 4.69) is 30.4 Å². The van der Waals surface area contributed by atoms with Gasteiger partial charge in [-0.25, -0.2) is 14.6 Å². The number of anilines is 1. The molecule has 9 nitrogen and oxygen atoms in total. The molecule has 0 saturated carbocycles. The van der Waals surface area contributed by atoms with Crippen LogP contribution in [0.4, 0.5) is 19.0 Å². The SMILES string of the molecule is FC(F)(F)c1cc(N2CCC(c3nnc4ccc(-n5cccn5)nn34)CC2)ncn1. The molecule has 0 spiro atoms. The number of rotatable bonds is 3. The lowest BCUT2D eigenvalue weighted by Gasteiger charge is -2.32. The predicted octanol–water partition coefficient (Wildman–Crippen LogP) is 2.50. The van der Waals surface area contributed by atoms with Gasteiger partial charge < -0.3 is 4.90 Å². The number of hydrogen-bond donors (Lipinski definition) is 0. The van der Waals surface area contributed by atoms with E-state index in [1.165, 1.54) is 0 Å². The Morgan fingerprint density at radius 3 is 2.57 bits per heavy atom. The zero-order valence-electron chi connectivity index (χ0n) is 15.6. The van der Waals surface area contributed by atoms with Gasteiger partial charge in [-0.2, -0.15) is 22.8 Å². The smallest absolute Gasteiger partial charge is 0.356 e. The predicted molar refractivity (Wildman–Crippen MR) is 99.1 cm³/mol. The van der Waals surface area contributed by atoms with E-state index in [4.69, 9.17) is 0 Å². The summed E-state index contributed by atoms with van der Waals surface area (Å²) >= 11 is 0. The number of aromatic nitrogens is 8. The van der Waals surface area contributed by atoms with Crippen LogP contribution < -0.4 is 4.90 Å². The quantitative estimate of drug-likeness (QED) is 0.508. The summed E-state index contributed by atoms with van der Waals surface area (Å²) in [5.74, 6) is 1.74. The van der Waals surface area contributed by atoms with Gasteiger partial charge in [-0.1, -0.05) is 0 Å². The molecule has 1 fully saturated rings. The number of hydrogen-bond acceptors (Lipinski definition) is 7. The van der Waals surface area contributed by atoms with Gasteiger partial charge in [-0.15, -0.1) is 15.3 Å². The average Bonchev–Trinajstić information content (AvgIpc) is 3.43. The first-order valence-corrected chi connectivity index (χ1v) is 9.35. The molecule has 0 aromatic carbocycles. The number of nitrogens with zero attached hydrogens (tertiary/aromatic N) is 9. The minimum Gasteiger partial charge on any atom is -0.356 e. The third kappa shape index (κ3) is 3.33. The van der Waals surface area contributed by atoms with Gasteiger partial charge in [-0.3, -0.25) is 0 Å². The lowest BCUT2D eigenvalue weighted by Crippen LogP contribution is -2.34. The van der Waals surface area contributed by atoms with E-state index in [0.717, 1.165) is 18.2 Å². The van der Waals surface area contributed by atoms with Gasteiger partial charge in [-0.05, 0) is 31.0 Å². The largest absolute Gasteiger partial charge is 0.433 e. The summed E-state index contributed by atoms with van der Waals surface area (Å²) in [6.45, 7) is 1.10. The maximum absolute atomic E-state index is 12.9. The third-order valence-electron chi connectivity index (χ3n) is 5.14. The summed E-state index contributed by atoms with van der Waals surface area (Å²) < 4.78 is 42.1. The Hall–Kier alpha value is -3.57. The van der Waals surface area contributed by atoms with Crippen LogP contribution in [0.3, 0.4) is 0 Å². The fraction of sp³-hybridized carbons (Fsp3) is 0.333. The third-order valence-corrected chi connectivity index (χ3v) is 5.14. The maximum Gasteiger partial charge on any atom is 0.433 e. The van der Waals surface area contributed by atoms with Crippen molar-refractivity contribution in [3.63, 3.8) is 0 Å². The van der Waals surface area contributed by atoms with E-state index < -0.39 is 11.9 Å². The second-order valence-electron chi connectivity index (χ2n) is 6.99. The fourth-order valence-electron chi connectivity index (χ4n) is 3.62. The molecule has 154 valence electrons. The van der Waals surface area contributed by atoms with Crippen molar-refractivity contribution in [1.29, 1.82) is 0 Å². The number of fused-ring (bicyclic) bond motifs is 1. The van der Waals surface area contributed by atoms with Gasteiger partial charge in [0.1, 0.15) is 17.8 Å². The van der Waals surface area contributed by atoms with E-state index in [0.29, 0.717) is 37.4 Å². The molecular formula is C18H16F3N9. The monoisotopic (exact) mass is 415 g/mol. The molecule has 0 atom stereocenters. The standard InChI is InChI=1S/C18H16F3N9/c19-18(20,21)13-10-16(23-11-22-13)28-8-4-12(5-9-28)17-26-25-14-2-3-15(27-30(14)17)29-7-1-6-24-29/h1-3,6-7,10-12H,4-5,8-9H2. The van der Waals surface area contributed by atoms with Gasteiger partial charge >= 0.3 is 6.18 Å². The highest BCUT2D eigenvalue weighted by Crippen LogP contribution is 2.32. The van der Waals surface area contributed by atoms with Crippen molar-refractivity contribution in [3.8, 4) is 5.82 Å². The number of halogens is 3. The average molecular weight is 415 g/mol. The zero-order chi connectivity index (χ0) is 20.7. The molecule has 0 amide bonds. The van der Waals surface area contributed by atoms with Crippen molar-refractivity contribution in [2.24, 2.45) is 0 Å². The van der Waals surface area contributed by atoms with Crippen LogP contribution in [0.25, 0.3) is 11.5 Å². The minimum atomic E-state index is -4.49. The van der Waals surface area contributed by atoms with E-state index in [1.807, 2.05) is 23.1 Å². The van der Waals surface area contributed by atoms with Gasteiger partial charge in [0.15, 0.2) is 17.3 Å². The Balaban J connectivity index is 1.36. The molecule has 1 aliphatic heterocycles. The molecule has 5 heterocycles. The van der Waals surface area contributed by atoms with Crippen LogP contribution >= 0.6 is 0 Å². The molecule has 0 aliphatic carbocycles. The molecule has 4 aromatic heterocycles. The molecule has 12 heteroatoms. The zero-order valence-corrected chi connectivity index (χ0v) is 15.6. The van der Waals surface area contributed by atoms with Crippen molar-refractivity contribution >= 4 is 11.5 Å². The lowest BCUT2D eigenvalue weighted by atomic mass is 9.96. The normalized spacial score (nSPS) is 15.8. The first kappa shape index (κ1) is 18.5. The van der Waals surface area contributed by atoms with Crippen LogP contribution in [-0.4, -0.2) is 52.6 Å². The van der Waals surface area contributed by atoms with Crippen molar-refractivity contribution in [2.45, 2.75) is 24.9 Å². The molecule has 5 rings (SSSR count). The van der Waals surface area contributed by atoms with E-state index in [1.54, 1.807) is 21.6 Å². The van der Waals surface area contributed by atoms with Crippen LogP contribution in [0, 0.1) is 0 Å². The Labute approximate surface area is 168 Å². The number of alkyl halides is 3. The van der Waals surface area contributed by atoms with E-state index >= 15 is 0 Å². The molecule has 4 aromatic rings. The molecule has 1 aliphatic rings. The Morgan fingerprint density at radius 2 is 1.83 bits per heavy atom. The van der Waals surface area contributed by atoms with Crippen LogP contribution in [-0.2, 0) is 6.18 Å². The first-order valence-electron chi connectivity index (χ1n) is 9.35. The Morgan fingerprint density at radius 1 is 1.00 bits per heavy atom. The Kier molecular flexibility index (Phi) is 4.33. The molecule has 1 saturated heterocycles. The number of piperidine rings is 1. The summed E-state index contributed by atoms with van der Waals surface area (Å²) in [5.41, 5.74) is -0.303. The molecule has 0 radical (unpaired) electrons. The highest BCUT2D eigenvalue weighted by atomic mass is 19.4. The second-order valence-corrected chi connectivity index (χ2v) is 6.99. The first-order chi connectivity index (χ1) is 14.5. The van der Waals surface area contributed by atoms with Crippen molar-refractivity contribution in [2.75, 3.05) is 18.0 Å². The van der Waals surface area contributed by atoms with Gasteiger partial charge in [0.2, 0.25) is 0 Å². The molecule has 0 unspecified atom stereocenters. The molecule has 0 bridgehead atoms. The van der Waals surface area contributed by atoms with Gasteiger partial charge in [0.25, 0.3) is 0 Å². The van der Waals surface area contributed by atoms with Crippen molar-refractivity contribution in [3.05, 3.63) is 54.5 Å². The molecule has 0 N–H and O–H groups in total. The van der Waals surface area contributed by atoms with E-state index in [-0.39, 0.29) is 11.7 Å². The van der Waals surface area contributed by atoms with Crippen LogP contribution in [0.1, 0.15) is 30.3 Å². The van der Waals surface area contributed by atoms with Gasteiger partial charge in [0.05, 0.1) is 0 Å². The summed E-state index contributed by atoms with van der Waals surface area (Å²) in [6, 6.07) is 6.45. The summed E-state index contributed by atoms with van der Waals surface area (Å²) in [6.07, 6.45) is 1.32. The minimum absolute atomic E-state index is 0.0838. The fourth-order valence-corrected chi connectivity index (χ4v) is 3.62. The summed E-state index contributed by atoms with van der Waals surface area (Å²) in [4.78, 5) is 9.17. The topological polar surface area (TPSA) is 89.9 Å². The summed E-state index contributed by atoms with van der Waals surface area (Å²) in [5, 5.41) is 17.3. The second kappa shape index (κ2) is 7.04. The molecule has 30 heavy (non-hydrogen) atoms. The van der Waals surface area contributed by atoms with Crippen LogP contribution in [0.15, 0.2) is 43.0 Å². The van der Waals surface area contributed by atoms with Crippen LogP contribution in [0.5, 0.6) is 0 Å². The maximum atomic E-state index is 12.9. The Bertz CT molecular complexity index is 1160. The van der Waals surface area contributed by atoms with E-state index in [9.17, 15) is 13.2 Å². The van der Waals surface area contributed by atoms with Crippen molar-refractivity contribution < 1.29 is 13.2 Å². The highest BCUT2D eigenvalue weighted by Gasteiger charge is 2.34. The molecular weight excluding hydrogens is 399 g/mol. The highest BCUT2D eigenvalue weighted by molar-refractivity contribution is 5.42.